The van der Waals surface area contributed by atoms with Crippen molar-refractivity contribution in [3.63, 3.8) is 0 Å². The third-order valence-corrected chi connectivity index (χ3v) is 7.04. The van der Waals surface area contributed by atoms with Crippen LogP contribution in [0.15, 0.2) is 24.3 Å². The largest absolute Gasteiger partial charge is 0.383 e. The summed E-state index contributed by atoms with van der Waals surface area (Å²) in [5.74, 6) is 5.18. The number of carbonyl (C=O) groups excluding carboxylic acids is 2. The Hall–Kier alpha value is -3.31. The minimum Gasteiger partial charge on any atom is -0.383 e. The predicted molar refractivity (Wildman–Crippen MR) is 131 cm³/mol. The molecule has 180 valence electrons. The van der Waals surface area contributed by atoms with Crippen LogP contribution in [-0.4, -0.2) is 46.2 Å². The van der Waals surface area contributed by atoms with Crippen LogP contribution >= 0.6 is 0 Å². The van der Waals surface area contributed by atoms with E-state index in [4.69, 9.17) is 21.3 Å². The lowest BCUT2D eigenvalue weighted by Gasteiger charge is -2.45. The van der Waals surface area contributed by atoms with E-state index in [1.807, 2.05) is 49.9 Å². The third-order valence-electron chi connectivity index (χ3n) is 7.04. The van der Waals surface area contributed by atoms with Crippen molar-refractivity contribution >= 4 is 17.6 Å². The lowest BCUT2D eigenvalue weighted by atomic mass is 9.65. The molecule has 4 rings (SSSR count). The number of likely N-dealkylation sites (tertiary alicyclic amines) is 1. The Morgan fingerprint density at radius 3 is 2.59 bits per heavy atom. The van der Waals surface area contributed by atoms with E-state index in [1.54, 1.807) is 4.68 Å². The van der Waals surface area contributed by atoms with Gasteiger partial charge in [0, 0.05) is 31.7 Å². The Bertz CT molecular complexity index is 1140. The van der Waals surface area contributed by atoms with Gasteiger partial charge in [0.2, 0.25) is 0 Å². The first-order chi connectivity index (χ1) is 16.3. The average molecular weight is 464 g/mol. The molecular formula is C26H33N5O3. The van der Waals surface area contributed by atoms with Crippen molar-refractivity contribution in [3.8, 4) is 23.1 Å². The second-order valence-electron chi connectivity index (χ2n) is 9.33. The Labute approximate surface area is 200 Å². The van der Waals surface area contributed by atoms with Gasteiger partial charge in [0.1, 0.15) is 17.1 Å². The molecule has 4 N–H and O–H groups in total. The van der Waals surface area contributed by atoms with Crippen molar-refractivity contribution in [3.05, 3.63) is 35.4 Å². The minimum atomic E-state index is -0.591. The van der Waals surface area contributed by atoms with Gasteiger partial charge in [-0.25, -0.2) is 4.68 Å². The standard InChI is InChI=1S/C26H33N5O3/c1-4-6-7-21(32)30-13-12-26(16-30)14-20(15-26)31-24(27)22(25(28)33)23(29-31)19-10-8-18(9-11-19)17(3)34-5-2/h8-11,17,20H,4-5,12-16,27H2,1-3H3,(H2,28,33). The molecular weight excluding hydrogens is 430 g/mol. The van der Waals surface area contributed by atoms with Gasteiger partial charge in [-0.1, -0.05) is 37.1 Å². The first-order valence-corrected chi connectivity index (χ1v) is 12.0. The monoisotopic (exact) mass is 463 g/mol. The lowest BCUT2D eigenvalue weighted by molar-refractivity contribution is -0.125. The van der Waals surface area contributed by atoms with Gasteiger partial charge in [-0.15, -0.1) is 0 Å². The van der Waals surface area contributed by atoms with E-state index in [1.165, 1.54) is 0 Å². The molecule has 1 aliphatic carbocycles. The van der Waals surface area contributed by atoms with Crippen LogP contribution in [0.5, 0.6) is 0 Å². The molecule has 1 saturated heterocycles. The van der Waals surface area contributed by atoms with Crippen LogP contribution in [0, 0.1) is 17.3 Å². The number of hydrogen-bond donors (Lipinski definition) is 2. The molecule has 1 saturated carbocycles. The smallest absolute Gasteiger partial charge is 0.298 e. The molecule has 1 spiro atoms. The van der Waals surface area contributed by atoms with Gasteiger partial charge in [-0.3, -0.25) is 9.59 Å². The van der Waals surface area contributed by atoms with E-state index in [0.717, 1.165) is 36.9 Å². The van der Waals surface area contributed by atoms with Crippen LogP contribution in [0.2, 0.25) is 0 Å². The number of nitrogens with zero attached hydrogens (tertiary/aromatic N) is 3. The maximum atomic E-state index is 12.3. The van der Waals surface area contributed by atoms with Crippen molar-refractivity contribution in [1.82, 2.24) is 14.7 Å². The van der Waals surface area contributed by atoms with E-state index in [9.17, 15) is 9.59 Å². The maximum Gasteiger partial charge on any atom is 0.298 e. The van der Waals surface area contributed by atoms with Crippen molar-refractivity contribution in [2.45, 2.75) is 58.6 Å². The lowest BCUT2D eigenvalue weighted by Crippen LogP contribution is -2.42. The number of anilines is 1. The molecule has 8 nitrogen and oxygen atoms in total. The van der Waals surface area contributed by atoms with Gasteiger partial charge in [-0.05, 0) is 50.0 Å². The highest BCUT2D eigenvalue weighted by molar-refractivity contribution is 6.03. The molecule has 2 aromatic rings. The van der Waals surface area contributed by atoms with Crippen molar-refractivity contribution in [2.24, 2.45) is 11.1 Å². The van der Waals surface area contributed by atoms with Gasteiger partial charge >= 0.3 is 0 Å². The number of amides is 2. The fourth-order valence-corrected chi connectivity index (χ4v) is 5.23. The number of primary amides is 1. The topological polar surface area (TPSA) is 116 Å². The highest BCUT2D eigenvalue weighted by Gasteiger charge is 2.51. The number of rotatable bonds is 6. The molecule has 2 heterocycles. The van der Waals surface area contributed by atoms with E-state index in [2.05, 4.69) is 11.8 Å². The molecule has 34 heavy (non-hydrogen) atoms. The molecule has 0 bridgehead atoms. The minimum absolute atomic E-state index is 0.0192. The van der Waals surface area contributed by atoms with Gasteiger partial charge in [-0.2, -0.15) is 5.10 Å². The van der Waals surface area contributed by atoms with Crippen LogP contribution in [0.4, 0.5) is 5.82 Å². The average Bonchev–Trinajstić information content (AvgIpc) is 3.39. The normalized spacial score (nSPS) is 22.2. The van der Waals surface area contributed by atoms with Crippen molar-refractivity contribution in [1.29, 1.82) is 0 Å². The van der Waals surface area contributed by atoms with Crippen LogP contribution in [0.1, 0.15) is 74.5 Å². The molecule has 1 atom stereocenters. The molecule has 1 aromatic carbocycles. The number of nitrogens with two attached hydrogens (primary N) is 2. The number of benzene rings is 1. The van der Waals surface area contributed by atoms with Crippen LogP contribution in [0.3, 0.4) is 0 Å². The van der Waals surface area contributed by atoms with Gasteiger partial charge in [0.05, 0.1) is 12.1 Å². The Balaban J connectivity index is 1.52. The number of carbonyl (C=O) groups is 2. The summed E-state index contributed by atoms with van der Waals surface area (Å²) in [5.41, 5.74) is 14.7. The summed E-state index contributed by atoms with van der Waals surface area (Å²) in [6.45, 7) is 7.96. The molecule has 1 aliphatic heterocycles. The number of nitrogen functional groups attached to an aromatic ring is 1. The molecule has 1 aromatic heterocycles. The first-order valence-electron chi connectivity index (χ1n) is 12.0. The van der Waals surface area contributed by atoms with Crippen LogP contribution in [-0.2, 0) is 9.53 Å². The number of hydrogen-bond acceptors (Lipinski definition) is 5. The summed E-state index contributed by atoms with van der Waals surface area (Å²) in [6, 6.07) is 7.85. The van der Waals surface area contributed by atoms with Crippen molar-refractivity contribution < 1.29 is 14.3 Å². The third kappa shape index (κ3) is 4.40. The van der Waals surface area contributed by atoms with E-state index < -0.39 is 5.91 Å². The Kier molecular flexibility index (Phi) is 6.67. The first kappa shape index (κ1) is 23.8. The number of aromatic nitrogens is 2. The van der Waals surface area contributed by atoms with Gasteiger partial charge < -0.3 is 21.1 Å². The zero-order valence-electron chi connectivity index (χ0n) is 20.1. The van der Waals surface area contributed by atoms with E-state index in [0.29, 0.717) is 31.1 Å². The summed E-state index contributed by atoms with van der Waals surface area (Å²) in [7, 11) is 0. The fourth-order valence-electron chi connectivity index (χ4n) is 5.23. The zero-order valence-corrected chi connectivity index (χ0v) is 20.1. The fraction of sp³-hybridized carbons (Fsp3) is 0.500. The zero-order chi connectivity index (χ0) is 24.5. The maximum absolute atomic E-state index is 12.3. The molecule has 8 heteroatoms. The summed E-state index contributed by atoms with van der Waals surface area (Å²) >= 11 is 0. The molecule has 2 aliphatic rings. The predicted octanol–water partition coefficient (Wildman–Crippen LogP) is 3.30. The summed E-state index contributed by atoms with van der Waals surface area (Å²) in [5, 5.41) is 4.74. The van der Waals surface area contributed by atoms with Crippen LogP contribution < -0.4 is 11.5 Å². The van der Waals surface area contributed by atoms with E-state index >= 15 is 0 Å². The SMILES string of the molecule is CCC#CC(=O)N1CCC2(CC(n3nc(-c4ccc(C(C)OCC)cc4)c(C(N)=O)c3N)C2)C1. The quantitative estimate of drug-likeness (QED) is 0.638. The molecule has 1 unspecified atom stereocenters. The second kappa shape index (κ2) is 9.51. The Morgan fingerprint density at radius 2 is 1.97 bits per heavy atom. The molecule has 2 amide bonds. The second-order valence-corrected chi connectivity index (χ2v) is 9.33. The van der Waals surface area contributed by atoms with Gasteiger partial charge in [0.25, 0.3) is 11.8 Å². The molecule has 0 radical (unpaired) electrons. The Morgan fingerprint density at radius 1 is 1.26 bits per heavy atom. The summed E-state index contributed by atoms with van der Waals surface area (Å²) < 4.78 is 7.40. The number of ether oxygens (including phenoxy) is 1. The van der Waals surface area contributed by atoms with Gasteiger partial charge in [0.15, 0.2) is 0 Å². The summed E-state index contributed by atoms with van der Waals surface area (Å²) in [4.78, 5) is 26.4. The van der Waals surface area contributed by atoms with E-state index in [-0.39, 0.29) is 29.0 Å². The highest BCUT2D eigenvalue weighted by Crippen LogP contribution is 2.54. The summed E-state index contributed by atoms with van der Waals surface area (Å²) in [6.07, 6.45) is 3.30. The van der Waals surface area contributed by atoms with Crippen molar-refractivity contribution in [2.75, 3.05) is 25.4 Å². The van der Waals surface area contributed by atoms with Crippen LogP contribution in [0.25, 0.3) is 11.3 Å². The molecule has 2 fully saturated rings. The highest BCUT2D eigenvalue weighted by atomic mass is 16.5.